The molecular formula is C17H27NO. The lowest BCUT2D eigenvalue weighted by atomic mass is 9.98. The van der Waals surface area contributed by atoms with Crippen molar-refractivity contribution in [1.29, 1.82) is 0 Å². The van der Waals surface area contributed by atoms with Crippen molar-refractivity contribution in [3.63, 3.8) is 0 Å². The molecule has 2 unspecified atom stereocenters. The van der Waals surface area contributed by atoms with Crippen LogP contribution in [0.5, 0.6) is 0 Å². The van der Waals surface area contributed by atoms with Gasteiger partial charge in [-0.1, -0.05) is 44.4 Å². The smallest absolute Gasteiger partial charge is 0.0733 e. The standard InChI is InChI=1S/C17H27NO/c1-3-14-7-6-9-16(12-11-14)18-17-10-5-4-8-15(17)13-19-2/h4-5,8,10,14,16,18H,3,6-7,9,11-13H2,1-2H3. The molecule has 19 heavy (non-hydrogen) atoms. The van der Waals surface area contributed by atoms with Crippen LogP contribution in [0.1, 0.15) is 51.0 Å². The molecule has 106 valence electrons. The van der Waals surface area contributed by atoms with Gasteiger partial charge in [0.15, 0.2) is 0 Å². The fraction of sp³-hybridized carbons (Fsp3) is 0.647. The molecule has 0 aromatic heterocycles. The number of ether oxygens (including phenoxy) is 1. The molecular weight excluding hydrogens is 234 g/mol. The second-order valence-electron chi connectivity index (χ2n) is 5.71. The predicted octanol–water partition coefficient (Wildman–Crippen LogP) is 4.60. The molecule has 2 heteroatoms. The number of nitrogens with one attached hydrogen (secondary N) is 1. The third-order valence-corrected chi connectivity index (χ3v) is 4.34. The van der Waals surface area contributed by atoms with Crippen LogP contribution >= 0.6 is 0 Å². The molecule has 0 heterocycles. The Kier molecular flexibility index (Phi) is 5.71. The first-order valence-corrected chi connectivity index (χ1v) is 7.66. The van der Waals surface area contributed by atoms with Crippen molar-refractivity contribution >= 4 is 5.69 Å². The monoisotopic (exact) mass is 261 g/mol. The van der Waals surface area contributed by atoms with Crippen molar-refractivity contribution in [3.05, 3.63) is 29.8 Å². The summed E-state index contributed by atoms with van der Waals surface area (Å²) in [5.74, 6) is 0.945. The van der Waals surface area contributed by atoms with E-state index in [4.69, 9.17) is 4.74 Å². The highest BCUT2D eigenvalue weighted by Gasteiger charge is 2.18. The molecule has 1 saturated carbocycles. The molecule has 2 nitrogen and oxygen atoms in total. The van der Waals surface area contributed by atoms with Crippen molar-refractivity contribution in [2.24, 2.45) is 5.92 Å². The molecule has 2 atom stereocenters. The number of para-hydroxylation sites is 1. The Labute approximate surface area is 117 Å². The van der Waals surface area contributed by atoms with Crippen LogP contribution in [0.3, 0.4) is 0 Å². The lowest BCUT2D eigenvalue weighted by Crippen LogP contribution is -2.19. The predicted molar refractivity (Wildman–Crippen MR) is 81.4 cm³/mol. The van der Waals surface area contributed by atoms with E-state index < -0.39 is 0 Å². The average molecular weight is 261 g/mol. The van der Waals surface area contributed by atoms with Crippen molar-refractivity contribution in [1.82, 2.24) is 0 Å². The molecule has 1 fully saturated rings. The highest BCUT2D eigenvalue weighted by atomic mass is 16.5. The van der Waals surface area contributed by atoms with Crippen molar-refractivity contribution < 1.29 is 4.74 Å². The van der Waals surface area contributed by atoms with Gasteiger partial charge < -0.3 is 10.1 Å². The summed E-state index contributed by atoms with van der Waals surface area (Å²) in [6.45, 7) is 3.01. The molecule has 1 N–H and O–H groups in total. The number of rotatable bonds is 5. The zero-order valence-corrected chi connectivity index (χ0v) is 12.3. The number of anilines is 1. The van der Waals surface area contributed by atoms with E-state index in [0.29, 0.717) is 12.6 Å². The minimum absolute atomic E-state index is 0.634. The Hall–Kier alpha value is -1.02. The van der Waals surface area contributed by atoms with Gasteiger partial charge in [0.2, 0.25) is 0 Å². The van der Waals surface area contributed by atoms with Crippen LogP contribution in [-0.2, 0) is 11.3 Å². The van der Waals surface area contributed by atoms with Gasteiger partial charge in [0.05, 0.1) is 6.61 Å². The zero-order valence-electron chi connectivity index (χ0n) is 12.3. The summed E-state index contributed by atoms with van der Waals surface area (Å²) in [5.41, 5.74) is 2.52. The quantitative estimate of drug-likeness (QED) is 0.782. The van der Waals surface area contributed by atoms with Gasteiger partial charge in [-0.05, 0) is 31.2 Å². The molecule has 2 rings (SSSR count). The molecule has 1 aromatic carbocycles. The molecule has 0 saturated heterocycles. The zero-order chi connectivity index (χ0) is 13.5. The maximum atomic E-state index is 5.28. The van der Waals surface area contributed by atoms with E-state index in [1.807, 2.05) is 0 Å². The van der Waals surface area contributed by atoms with Crippen LogP contribution in [0.15, 0.2) is 24.3 Å². The van der Waals surface area contributed by atoms with E-state index in [0.717, 1.165) is 5.92 Å². The van der Waals surface area contributed by atoms with Crippen molar-refractivity contribution in [2.45, 2.75) is 58.1 Å². The summed E-state index contributed by atoms with van der Waals surface area (Å²) in [4.78, 5) is 0. The van der Waals surface area contributed by atoms with Gasteiger partial charge in [-0.3, -0.25) is 0 Å². The Bertz CT molecular complexity index is 377. The molecule has 0 bridgehead atoms. The molecule has 1 aliphatic carbocycles. The summed E-state index contributed by atoms with van der Waals surface area (Å²) in [6.07, 6.45) is 8.10. The normalized spacial score (nSPS) is 23.9. The molecule has 1 aromatic rings. The fourth-order valence-corrected chi connectivity index (χ4v) is 3.09. The lowest BCUT2D eigenvalue weighted by molar-refractivity contribution is 0.185. The Morgan fingerprint density at radius 2 is 2.00 bits per heavy atom. The number of methoxy groups -OCH3 is 1. The van der Waals surface area contributed by atoms with Crippen molar-refractivity contribution in [2.75, 3.05) is 12.4 Å². The highest BCUT2D eigenvalue weighted by Crippen LogP contribution is 2.28. The fourth-order valence-electron chi connectivity index (χ4n) is 3.09. The van der Waals surface area contributed by atoms with Gasteiger partial charge in [-0.25, -0.2) is 0 Å². The van der Waals surface area contributed by atoms with E-state index in [2.05, 4.69) is 36.5 Å². The maximum Gasteiger partial charge on any atom is 0.0733 e. The third kappa shape index (κ3) is 4.24. The summed E-state index contributed by atoms with van der Waals surface area (Å²) in [7, 11) is 1.76. The van der Waals surface area contributed by atoms with E-state index in [1.54, 1.807) is 7.11 Å². The van der Waals surface area contributed by atoms with Crippen LogP contribution in [0.25, 0.3) is 0 Å². The topological polar surface area (TPSA) is 21.3 Å². The molecule has 0 aliphatic heterocycles. The van der Waals surface area contributed by atoms with Crippen LogP contribution in [0.2, 0.25) is 0 Å². The SMILES string of the molecule is CCC1CCCC(Nc2ccccc2COC)CC1. The summed E-state index contributed by atoms with van der Waals surface area (Å²) < 4.78 is 5.28. The molecule has 0 amide bonds. The number of benzene rings is 1. The third-order valence-electron chi connectivity index (χ3n) is 4.34. The van der Waals surface area contributed by atoms with Crippen LogP contribution < -0.4 is 5.32 Å². The van der Waals surface area contributed by atoms with Crippen LogP contribution in [0, 0.1) is 5.92 Å². The summed E-state index contributed by atoms with van der Waals surface area (Å²) in [6, 6.07) is 9.15. The van der Waals surface area contributed by atoms with E-state index in [-0.39, 0.29) is 0 Å². The average Bonchev–Trinajstić information content (AvgIpc) is 2.66. The Morgan fingerprint density at radius 3 is 2.79 bits per heavy atom. The summed E-state index contributed by atoms with van der Waals surface area (Å²) in [5, 5.41) is 3.74. The largest absolute Gasteiger partial charge is 0.382 e. The second kappa shape index (κ2) is 7.54. The van der Waals surface area contributed by atoms with Gasteiger partial charge in [0.1, 0.15) is 0 Å². The first kappa shape index (κ1) is 14.4. The van der Waals surface area contributed by atoms with Gasteiger partial charge >= 0.3 is 0 Å². The Balaban J connectivity index is 1.96. The van der Waals surface area contributed by atoms with Gasteiger partial charge in [-0.15, -0.1) is 0 Å². The number of hydrogen-bond acceptors (Lipinski definition) is 2. The van der Waals surface area contributed by atoms with E-state index >= 15 is 0 Å². The van der Waals surface area contributed by atoms with E-state index in [1.165, 1.54) is 49.8 Å². The van der Waals surface area contributed by atoms with Gasteiger partial charge in [-0.2, -0.15) is 0 Å². The number of hydrogen-bond donors (Lipinski definition) is 1. The molecule has 0 spiro atoms. The van der Waals surface area contributed by atoms with Crippen molar-refractivity contribution in [3.8, 4) is 0 Å². The summed E-state index contributed by atoms with van der Waals surface area (Å²) >= 11 is 0. The van der Waals surface area contributed by atoms with Crippen LogP contribution in [-0.4, -0.2) is 13.2 Å². The first-order valence-electron chi connectivity index (χ1n) is 7.66. The highest BCUT2D eigenvalue weighted by molar-refractivity contribution is 5.51. The van der Waals surface area contributed by atoms with Crippen LogP contribution in [0.4, 0.5) is 5.69 Å². The lowest BCUT2D eigenvalue weighted by Gasteiger charge is -2.20. The minimum atomic E-state index is 0.634. The first-order chi connectivity index (χ1) is 9.33. The van der Waals surface area contributed by atoms with Gasteiger partial charge in [0, 0.05) is 24.4 Å². The minimum Gasteiger partial charge on any atom is -0.382 e. The molecule has 0 radical (unpaired) electrons. The van der Waals surface area contributed by atoms with Gasteiger partial charge in [0.25, 0.3) is 0 Å². The maximum absolute atomic E-state index is 5.28. The Morgan fingerprint density at radius 1 is 1.16 bits per heavy atom. The molecule has 1 aliphatic rings. The second-order valence-corrected chi connectivity index (χ2v) is 5.71. The van der Waals surface area contributed by atoms with E-state index in [9.17, 15) is 0 Å².